The SMILES string of the molecule is CC(=O)O[C@H](C)C(=O)[C@@]1(C)C[C@]2(OC(C)=O)CO[C@@H]2CC1O. The number of aliphatic hydroxyl groups is 1. The molecule has 2 aliphatic rings. The Morgan fingerprint density at radius 1 is 1.27 bits per heavy atom. The van der Waals surface area contributed by atoms with Gasteiger partial charge in [0.2, 0.25) is 0 Å². The van der Waals surface area contributed by atoms with E-state index >= 15 is 0 Å². The molecule has 0 aromatic rings. The number of aliphatic hydroxyl groups excluding tert-OH is 1. The molecule has 1 N–H and O–H groups in total. The van der Waals surface area contributed by atoms with Crippen LogP contribution in [0, 0.1) is 5.41 Å². The van der Waals surface area contributed by atoms with Gasteiger partial charge in [-0.15, -0.1) is 0 Å². The first-order valence-corrected chi connectivity index (χ1v) is 7.31. The Hall–Kier alpha value is -1.47. The predicted octanol–water partition coefficient (Wildman–Crippen LogP) is 0.369. The summed E-state index contributed by atoms with van der Waals surface area (Å²) in [6, 6.07) is 0. The molecule has 1 saturated carbocycles. The Balaban J connectivity index is 2.22. The quantitative estimate of drug-likeness (QED) is 0.748. The topological polar surface area (TPSA) is 99.1 Å². The smallest absolute Gasteiger partial charge is 0.303 e. The zero-order chi connectivity index (χ0) is 16.7. The van der Waals surface area contributed by atoms with Crippen LogP contribution < -0.4 is 0 Å². The van der Waals surface area contributed by atoms with E-state index in [0.29, 0.717) is 0 Å². The van der Waals surface area contributed by atoms with Gasteiger partial charge in [-0.05, 0) is 13.8 Å². The Morgan fingerprint density at radius 2 is 1.91 bits per heavy atom. The summed E-state index contributed by atoms with van der Waals surface area (Å²) < 4.78 is 15.7. The zero-order valence-corrected chi connectivity index (χ0v) is 13.3. The molecule has 0 aromatic heterocycles. The molecule has 1 heterocycles. The van der Waals surface area contributed by atoms with Crippen LogP contribution in [-0.2, 0) is 28.6 Å². The highest BCUT2D eigenvalue weighted by molar-refractivity contribution is 5.90. The van der Waals surface area contributed by atoms with Crippen molar-refractivity contribution in [1.82, 2.24) is 0 Å². The summed E-state index contributed by atoms with van der Waals surface area (Å²) in [7, 11) is 0. The molecular weight excluding hydrogens is 292 g/mol. The predicted molar refractivity (Wildman–Crippen MR) is 73.8 cm³/mol. The van der Waals surface area contributed by atoms with E-state index in [9.17, 15) is 19.5 Å². The van der Waals surface area contributed by atoms with Gasteiger partial charge in [-0.3, -0.25) is 14.4 Å². The van der Waals surface area contributed by atoms with Crippen molar-refractivity contribution in [2.45, 2.75) is 64.4 Å². The van der Waals surface area contributed by atoms with E-state index in [1.165, 1.54) is 20.8 Å². The molecule has 1 unspecified atom stereocenters. The van der Waals surface area contributed by atoms with Gasteiger partial charge in [-0.1, -0.05) is 0 Å². The van der Waals surface area contributed by atoms with Crippen molar-refractivity contribution in [1.29, 1.82) is 0 Å². The Morgan fingerprint density at radius 3 is 2.36 bits per heavy atom. The van der Waals surface area contributed by atoms with Crippen molar-refractivity contribution < 1.29 is 33.7 Å². The lowest BCUT2D eigenvalue weighted by atomic mass is 9.61. The van der Waals surface area contributed by atoms with Crippen LogP contribution in [0.1, 0.15) is 40.5 Å². The lowest BCUT2D eigenvalue weighted by Crippen LogP contribution is -2.69. The highest BCUT2D eigenvalue weighted by Gasteiger charge is 2.63. The summed E-state index contributed by atoms with van der Waals surface area (Å²) >= 11 is 0. The zero-order valence-electron chi connectivity index (χ0n) is 13.3. The fourth-order valence-corrected chi connectivity index (χ4v) is 3.47. The number of rotatable bonds is 4. The van der Waals surface area contributed by atoms with Gasteiger partial charge in [0, 0.05) is 26.7 Å². The monoisotopic (exact) mass is 314 g/mol. The van der Waals surface area contributed by atoms with Gasteiger partial charge in [0.05, 0.1) is 18.1 Å². The molecule has 0 amide bonds. The molecule has 124 valence electrons. The molecule has 1 saturated heterocycles. The largest absolute Gasteiger partial charge is 0.455 e. The highest BCUT2D eigenvalue weighted by Crippen LogP contribution is 2.50. The number of hydrogen-bond acceptors (Lipinski definition) is 7. The van der Waals surface area contributed by atoms with Crippen molar-refractivity contribution in [3.8, 4) is 0 Å². The third kappa shape index (κ3) is 2.75. The lowest BCUT2D eigenvalue weighted by Gasteiger charge is -2.57. The van der Waals surface area contributed by atoms with Crippen LogP contribution in [-0.4, -0.2) is 53.3 Å². The number of carbonyl (C=O) groups excluding carboxylic acids is 3. The van der Waals surface area contributed by atoms with E-state index in [0.717, 1.165) is 0 Å². The summed E-state index contributed by atoms with van der Waals surface area (Å²) in [6.07, 6.45) is -1.98. The molecule has 0 radical (unpaired) electrons. The summed E-state index contributed by atoms with van der Waals surface area (Å²) in [4.78, 5) is 35.0. The van der Waals surface area contributed by atoms with E-state index in [4.69, 9.17) is 14.2 Å². The average molecular weight is 314 g/mol. The number of ketones is 1. The van der Waals surface area contributed by atoms with Crippen molar-refractivity contribution in [2.75, 3.05) is 6.61 Å². The first-order chi connectivity index (χ1) is 10.1. The van der Waals surface area contributed by atoms with Crippen LogP contribution in [0.15, 0.2) is 0 Å². The number of Topliss-reactive ketones (excluding diaryl/α,β-unsaturated/α-hetero) is 1. The Labute approximate surface area is 128 Å². The van der Waals surface area contributed by atoms with Crippen molar-refractivity contribution in [3.05, 3.63) is 0 Å². The highest BCUT2D eigenvalue weighted by atomic mass is 16.6. The lowest BCUT2D eigenvalue weighted by molar-refractivity contribution is -0.291. The van der Waals surface area contributed by atoms with Crippen LogP contribution >= 0.6 is 0 Å². The molecule has 1 aliphatic carbocycles. The van der Waals surface area contributed by atoms with Crippen LogP contribution in [0.25, 0.3) is 0 Å². The van der Waals surface area contributed by atoms with E-state index in [2.05, 4.69) is 0 Å². The number of fused-ring (bicyclic) bond motifs is 1. The Kier molecular flexibility index (Phi) is 4.32. The molecule has 0 aromatic carbocycles. The van der Waals surface area contributed by atoms with Gasteiger partial charge in [0.1, 0.15) is 6.10 Å². The van der Waals surface area contributed by atoms with Crippen LogP contribution in [0.3, 0.4) is 0 Å². The maximum atomic E-state index is 12.7. The van der Waals surface area contributed by atoms with E-state index in [-0.39, 0.29) is 25.2 Å². The normalized spacial score (nSPS) is 38.2. The first kappa shape index (κ1) is 16.9. The standard InChI is InChI=1S/C15H22O7/c1-8(21-9(2)16)13(19)14(4)6-15(22-10(3)17)7-20-12(15)5-11(14)18/h8,11-12,18H,5-7H2,1-4H3/t8-,11?,12-,14+,15+/m1/s1. The van der Waals surface area contributed by atoms with Gasteiger partial charge in [-0.2, -0.15) is 0 Å². The average Bonchev–Trinajstić information content (AvgIpc) is 2.38. The van der Waals surface area contributed by atoms with Crippen molar-refractivity contribution in [3.63, 3.8) is 0 Å². The van der Waals surface area contributed by atoms with Gasteiger partial charge >= 0.3 is 11.9 Å². The number of carbonyl (C=O) groups is 3. The van der Waals surface area contributed by atoms with Gasteiger partial charge < -0.3 is 19.3 Å². The Bertz CT molecular complexity index is 502. The second kappa shape index (κ2) is 5.62. The van der Waals surface area contributed by atoms with E-state index in [1.54, 1.807) is 6.92 Å². The molecule has 1 aliphatic heterocycles. The minimum atomic E-state index is -1.16. The number of hydrogen-bond donors (Lipinski definition) is 1. The molecule has 7 heteroatoms. The number of ether oxygens (including phenoxy) is 3. The van der Waals surface area contributed by atoms with Crippen LogP contribution in [0.4, 0.5) is 0 Å². The minimum absolute atomic E-state index is 0.149. The maximum Gasteiger partial charge on any atom is 0.303 e. The first-order valence-electron chi connectivity index (χ1n) is 7.31. The molecular formula is C15H22O7. The van der Waals surface area contributed by atoms with Gasteiger partial charge in [0.25, 0.3) is 0 Å². The van der Waals surface area contributed by atoms with E-state index in [1.807, 2.05) is 0 Å². The fourth-order valence-electron chi connectivity index (χ4n) is 3.47. The molecule has 7 nitrogen and oxygen atoms in total. The van der Waals surface area contributed by atoms with Crippen molar-refractivity contribution >= 4 is 17.7 Å². The molecule has 2 rings (SSSR count). The molecule has 22 heavy (non-hydrogen) atoms. The molecule has 0 spiro atoms. The van der Waals surface area contributed by atoms with Crippen molar-refractivity contribution in [2.24, 2.45) is 5.41 Å². The van der Waals surface area contributed by atoms with Gasteiger partial charge in [-0.25, -0.2) is 0 Å². The third-order valence-corrected chi connectivity index (χ3v) is 4.58. The number of esters is 2. The summed E-state index contributed by atoms with van der Waals surface area (Å²) in [5.41, 5.74) is -2.05. The van der Waals surface area contributed by atoms with Gasteiger partial charge in [0.15, 0.2) is 17.5 Å². The molecule has 0 bridgehead atoms. The van der Waals surface area contributed by atoms with Crippen LogP contribution in [0.2, 0.25) is 0 Å². The molecule has 2 fully saturated rings. The second-order valence-corrected chi connectivity index (χ2v) is 6.42. The summed E-state index contributed by atoms with van der Waals surface area (Å²) in [5, 5.41) is 10.4. The van der Waals surface area contributed by atoms with Crippen LogP contribution in [0.5, 0.6) is 0 Å². The minimum Gasteiger partial charge on any atom is -0.455 e. The summed E-state index contributed by atoms with van der Waals surface area (Å²) in [5.74, 6) is -1.39. The second-order valence-electron chi connectivity index (χ2n) is 6.42. The molecule has 5 atom stereocenters. The van der Waals surface area contributed by atoms with E-state index < -0.39 is 41.3 Å². The fraction of sp³-hybridized carbons (Fsp3) is 0.800. The summed E-state index contributed by atoms with van der Waals surface area (Å²) in [6.45, 7) is 5.81. The third-order valence-electron chi connectivity index (χ3n) is 4.58. The maximum absolute atomic E-state index is 12.7.